The summed E-state index contributed by atoms with van der Waals surface area (Å²) in [6.45, 7) is 4.09. The molecule has 1 aromatic carbocycles. The standard InChI is InChI=1S/C14H14N2O2S/c1-10-6-11(2)8-12(7-10)9-19-14-13(16(17)18)4-3-5-15-14/h3-8H,9H2,1-2H3. The van der Waals surface area contributed by atoms with Gasteiger partial charge in [-0.15, -0.1) is 0 Å². The van der Waals surface area contributed by atoms with Gasteiger partial charge in [-0.1, -0.05) is 41.1 Å². The van der Waals surface area contributed by atoms with Gasteiger partial charge >= 0.3 is 5.69 Å². The average molecular weight is 274 g/mol. The average Bonchev–Trinajstić information content (AvgIpc) is 2.35. The Morgan fingerprint density at radius 1 is 1.26 bits per heavy atom. The highest BCUT2D eigenvalue weighted by Gasteiger charge is 2.14. The lowest BCUT2D eigenvalue weighted by atomic mass is 10.1. The van der Waals surface area contributed by atoms with Crippen LogP contribution in [0.25, 0.3) is 0 Å². The van der Waals surface area contributed by atoms with E-state index in [-0.39, 0.29) is 5.69 Å². The maximum Gasteiger partial charge on any atom is 0.301 e. The van der Waals surface area contributed by atoms with Crippen LogP contribution in [0.4, 0.5) is 5.69 Å². The second-order valence-corrected chi connectivity index (χ2v) is 5.33. The van der Waals surface area contributed by atoms with Gasteiger partial charge in [0.05, 0.1) is 4.92 Å². The molecule has 0 aliphatic heterocycles. The molecule has 0 aliphatic carbocycles. The van der Waals surface area contributed by atoms with E-state index in [2.05, 4.69) is 23.2 Å². The summed E-state index contributed by atoms with van der Waals surface area (Å²) in [6.07, 6.45) is 1.58. The second-order valence-electron chi connectivity index (χ2n) is 4.37. The highest BCUT2D eigenvalue weighted by molar-refractivity contribution is 7.98. The summed E-state index contributed by atoms with van der Waals surface area (Å²) in [5, 5.41) is 11.4. The number of aryl methyl sites for hydroxylation is 2. The van der Waals surface area contributed by atoms with Crippen LogP contribution in [0.2, 0.25) is 0 Å². The second kappa shape index (κ2) is 5.84. The van der Waals surface area contributed by atoms with Gasteiger partial charge in [-0.25, -0.2) is 4.98 Å². The summed E-state index contributed by atoms with van der Waals surface area (Å²) in [5.74, 6) is 0.681. The molecule has 0 atom stereocenters. The molecule has 0 spiro atoms. The molecule has 0 saturated heterocycles. The molecule has 0 fully saturated rings. The first-order chi connectivity index (χ1) is 9.06. The van der Waals surface area contributed by atoms with E-state index in [0.717, 1.165) is 5.56 Å². The Bertz CT molecular complexity index is 594. The molecular weight excluding hydrogens is 260 g/mol. The van der Waals surface area contributed by atoms with E-state index in [1.165, 1.54) is 29.0 Å². The van der Waals surface area contributed by atoms with E-state index < -0.39 is 4.92 Å². The van der Waals surface area contributed by atoms with Crippen molar-refractivity contribution >= 4 is 17.4 Å². The zero-order valence-electron chi connectivity index (χ0n) is 10.8. The fraction of sp³-hybridized carbons (Fsp3) is 0.214. The molecule has 0 saturated carbocycles. The third-order valence-corrected chi connectivity index (χ3v) is 3.67. The third kappa shape index (κ3) is 3.54. The molecule has 0 bridgehead atoms. The van der Waals surface area contributed by atoms with Gasteiger partial charge in [0.25, 0.3) is 0 Å². The van der Waals surface area contributed by atoms with E-state index in [4.69, 9.17) is 0 Å². The molecule has 1 aromatic heterocycles. The van der Waals surface area contributed by atoms with Gasteiger partial charge in [0.1, 0.15) is 0 Å². The summed E-state index contributed by atoms with van der Waals surface area (Å²) >= 11 is 1.39. The van der Waals surface area contributed by atoms with Gasteiger partial charge in [0.2, 0.25) is 0 Å². The molecule has 0 radical (unpaired) electrons. The Morgan fingerprint density at radius 2 is 1.95 bits per heavy atom. The van der Waals surface area contributed by atoms with Crippen LogP contribution < -0.4 is 0 Å². The van der Waals surface area contributed by atoms with E-state index >= 15 is 0 Å². The number of thioether (sulfide) groups is 1. The van der Waals surface area contributed by atoms with Gasteiger partial charge in [-0.2, -0.15) is 0 Å². The number of aromatic nitrogens is 1. The lowest BCUT2D eigenvalue weighted by Crippen LogP contribution is -1.93. The first-order valence-electron chi connectivity index (χ1n) is 5.85. The molecule has 0 N–H and O–H groups in total. The van der Waals surface area contributed by atoms with Crippen molar-refractivity contribution in [1.29, 1.82) is 0 Å². The fourth-order valence-corrected chi connectivity index (χ4v) is 2.83. The zero-order chi connectivity index (χ0) is 13.8. The quantitative estimate of drug-likeness (QED) is 0.482. The molecule has 0 aliphatic rings. The first-order valence-corrected chi connectivity index (χ1v) is 6.84. The highest BCUT2D eigenvalue weighted by atomic mass is 32.2. The topological polar surface area (TPSA) is 56.0 Å². The molecule has 1 heterocycles. The van der Waals surface area contributed by atoms with Crippen molar-refractivity contribution in [3.05, 3.63) is 63.3 Å². The molecule has 0 amide bonds. The van der Waals surface area contributed by atoms with E-state index in [1.54, 1.807) is 12.3 Å². The van der Waals surface area contributed by atoms with Crippen LogP contribution in [0, 0.1) is 24.0 Å². The first kappa shape index (κ1) is 13.5. The van der Waals surface area contributed by atoms with Crippen LogP contribution in [-0.4, -0.2) is 9.91 Å². The lowest BCUT2D eigenvalue weighted by molar-refractivity contribution is -0.388. The maximum absolute atomic E-state index is 10.9. The summed E-state index contributed by atoms with van der Waals surface area (Å²) < 4.78 is 0. The van der Waals surface area contributed by atoms with Crippen molar-refractivity contribution in [2.75, 3.05) is 0 Å². The van der Waals surface area contributed by atoms with Crippen molar-refractivity contribution in [3.8, 4) is 0 Å². The number of pyridine rings is 1. The predicted octanol–water partition coefficient (Wildman–Crippen LogP) is 3.90. The SMILES string of the molecule is Cc1cc(C)cc(CSc2ncccc2[N+](=O)[O-])c1. The van der Waals surface area contributed by atoms with Crippen molar-refractivity contribution in [3.63, 3.8) is 0 Å². The van der Waals surface area contributed by atoms with E-state index in [1.807, 2.05) is 13.8 Å². The van der Waals surface area contributed by atoms with Crippen molar-refractivity contribution in [2.24, 2.45) is 0 Å². The minimum Gasteiger partial charge on any atom is -0.258 e. The van der Waals surface area contributed by atoms with Crippen LogP contribution >= 0.6 is 11.8 Å². The molecule has 4 nitrogen and oxygen atoms in total. The lowest BCUT2D eigenvalue weighted by Gasteiger charge is -2.05. The van der Waals surface area contributed by atoms with E-state index in [0.29, 0.717) is 10.8 Å². The number of benzene rings is 1. The van der Waals surface area contributed by atoms with Gasteiger partial charge in [0.15, 0.2) is 5.03 Å². The summed E-state index contributed by atoms with van der Waals surface area (Å²) in [5.41, 5.74) is 3.62. The van der Waals surface area contributed by atoms with Crippen LogP contribution in [0.1, 0.15) is 16.7 Å². The van der Waals surface area contributed by atoms with Gasteiger partial charge in [0, 0.05) is 18.0 Å². The van der Waals surface area contributed by atoms with Gasteiger partial charge < -0.3 is 0 Å². The number of nitrogens with zero attached hydrogens (tertiary/aromatic N) is 2. The Hall–Kier alpha value is -1.88. The smallest absolute Gasteiger partial charge is 0.258 e. The number of hydrogen-bond acceptors (Lipinski definition) is 4. The summed E-state index contributed by atoms with van der Waals surface area (Å²) in [7, 11) is 0. The van der Waals surface area contributed by atoms with Crippen LogP contribution in [0.15, 0.2) is 41.6 Å². The van der Waals surface area contributed by atoms with E-state index in [9.17, 15) is 10.1 Å². The normalized spacial score (nSPS) is 10.4. The molecule has 2 rings (SSSR count). The van der Waals surface area contributed by atoms with Gasteiger partial charge in [-0.05, 0) is 25.5 Å². The highest BCUT2D eigenvalue weighted by Crippen LogP contribution is 2.29. The van der Waals surface area contributed by atoms with Crippen molar-refractivity contribution in [1.82, 2.24) is 4.98 Å². The molecule has 2 aromatic rings. The predicted molar refractivity (Wildman–Crippen MR) is 76.4 cm³/mol. The Morgan fingerprint density at radius 3 is 2.58 bits per heavy atom. The Kier molecular flexibility index (Phi) is 4.16. The molecule has 0 unspecified atom stereocenters. The number of hydrogen-bond donors (Lipinski definition) is 0. The summed E-state index contributed by atoms with van der Waals surface area (Å²) in [4.78, 5) is 14.6. The minimum absolute atomic E-state index is 0.0666. The maximum atomic E-state index is 10.9. The monoisotopic (exact) mass is 274 g/mol. The van der Waals surface area contributed by atoms with Crippen molar-refractivity contribution in [2.45, 2.75) is 24.6 Å². The third-order valence-electron chi connectivity index (χ3n) is 2.60. The Labute approximate surface area is 116 Å². The largest absolute Gasteiger partial charge is 0.301 e. The molecule has 19 heavy (non-hydrogen) atoms. The molecular formula is C14H14N2O2S. The zero-order valence-corrected chi connectivity index (χ0v) is 11.6. The molecule has 98 valence electrons. The summed E-state index contributed by atoms with van der Waals surface area (Å²) in [6, 6.07) is 9.36. The number of nitro groups is 1. The van der Waals surface area contributed by atoms with Gasteiger partial charge in [-0.3, -0.25) is 10.1 Å². The fourth-order valence-electron chi connectivity index (χ4n) is 1.94. The van der Waals surface area contributed by atoms with Crippen LogP contribution in [0.3, 0.4) is 0 Å². The Balaban J connectivity index is 2.16. The van der Waals surface area contributed by atoms with Crippen LogP contribution in [-0.2, 0) is 5.75 Å². The number of rotatable bonds is 4. The minimum atomic E-state index is -0.392. The van der Waals surface area contributed by atoms with Crippen molar-refractivity contribution < 1.29 is 4.92 Å². The van der Waals surface area contributed by atoms with Crippen LogP contribution in [0.5, 0.6) is 0 Å². The molecule has 5 heteroatoms.